The summed E-state index contributed by atoms with van der Waals surface area (Å²) in [6.45, 7) is 9.39. The van der Waals surface area contributed by atoms with Crippen molar-refractivity contribution in [2.75, 3.05) is 26.7 Å². The predicted octanol–water partition coefficient (Wildman–Crippen LogP) is 2.44. The van der Waals surface area contributed by atoms with Crippen molar-refractivity contribution < 1.29 is 4.42 Å². The van der Waals surface area contributed by atoms with E-state index in [4.69, 9.17) is 10.2 Å². The Kier molecular flexibility index (Phi) is 5.22. The van der Waals surface area contributed by atoms with Crippen molar-refractivity contribution in [1.29, 1.82) is 0 Å². The SMILES string of the molecule is Cc1ccc(CCN(C)CC(C)(C)CCN)o1. The summed E-state index contributed by atoms with van der Waals surface area (Å²) in [5.41, 5.74) is 5.92. The van der Waals surface area contributed by atoms with Crippen molar-refractivity contribution >= 4 is 0 Å². The Balaban J connectivity index is 2.32. The fraction of sp³-hybridized carbons (Fsp3) is 0.714. The molecule has 98 valence electrons. The molecule has 0 bridgehead atoms. The third kappa shape index (κ3) is 5.37. The van der Waals surface area contributed by atoms with Gasteiger partial charge in [0, 0.05) is 19.5 Å². The van der Waals surface area contributed by atoms with Gasteiger partial charge < -0.3 is 15.1 Å². The average molecular weight is 238 g/mol. The first-order valence-corrected chi connectivity index (χ1v) is 6.37. The minimum Gasteiger partial charge on any atom is -0.466 e. The van der Waals surface area contributed by atoms with Crippen LogP contribution in [-0.4, -0.2) is 31.6 Å². The monoisotopic (exact) mass is 238 g/mol. The molecule has 0 saturated heterocycles. The highest BCUT2D eigenvalue weighted by atomic mass is 16.3. The van der Waals surface area contributed by atoms with E-state index in [1.807, 2.05) is 13.0 Å². The summed E-state index contributed by atoms with van der Waals surface area (Å²) < 4.78 is 5.56. The summed E-state index contributed by atoms with van der Waals surface area (Å²) in [5, 5.41) is 0. The molecule has 3 heteroatoms. The molecular formula is C14H26N2O. The van der Waals surface area contributed by atoms with E-state index in [0.29, 0.717) is 5.41 Å². The third-order valence-electron chi connectivity index (χ3n) is 3.06. The van der Waals surface area contributed by atoms with Crippen molar-refractivity contribution in [2.24, 2.45) is 11.1 Å². The van der Waals surface area contributed by atoms with Crippen LogP contribution in [0.3, 0.4) is 0 Å². The first-order chi connectivity index (χ1) is 7.93. The molecule has 1 aromatic rings. The minimum absolute atomic E-state index is 0.294. The quantitative estimate of drug-likeness (QED) is 0.793. The summed E-state index contributed by atoms with van der Waals surface area (Å²) in [6.07, 6.45) is 2.04. The van der Waals surface area contributed by atoms with Crippen molar-refractivity contribution in [2.45, 2.75) is 33.6 Å². The molecule has 0 radical (unpaired) electrons. The smallest absolute Gasteiger partial charge is 0.105 e. The maximum atomic E-state index is 5.62. The van der Waals surface area contributed by atoms with Gasteiger partial charge in [-0.3, -0.25) is 0 Å². The molecule has 0 aliphatic heterocycles. The molecular weight excluding hydrogens is 212 g/mol. The number of nitrogens with two attached hydrogens (primary N) is 1. The van der Waals surface area contributed by atoms with Crippen LogP contribution in [0.2, 0.25) is 0 Å². The second-order valence-electron chi connectivity index (χ2n) is 5.70. The Labute approximate surface area is 105 Å². The number of hydrogen-bond donors (Lipinski definition) is 1. The van der Waals surface area contributed by atoms with Crippen molar-refractivity contribution in [3.05, 3.63) is 23.7 Å². The van der Waals surface area contributed by atoms with E-state index in [2.05, 4.69) is 31.9 Å². The summed E-state index contributed by atoms with van der Waals surface area (Å²) in [4.78, 5) is 2.35. The lowest BCUT2D eigenvalue weighted by atomic mass is 9.89. The Hall–Kier alpha value is -0.800. The molecule has 1 heterocycles. The zero-order valence-electron chi connectivity index (χ0n) is 11.6. The Morgan fingerprint density at radius 1 is 1.35 bits per heavy atom. The number of hydrogen-bond acceptors (Lipinski definition) is 3. The van der Waals surface area contributed by atoms with E-state index < -0.39 is 0 Å². The molecule has 1 rings (SSSR count). The molecule has 0 atom stereocenters. The number of rotatable bonds is 7. The van der Waals surface area contributed by atoms with E-state index in [1.54, 1.807) is 0 Å². The van der Waals surface area contributed by atoms with Crippen LogP contribution in [0.5, 0.6) is 0 Å². The van der Waals surface area contributed by atoms with Crippen LogP contribution in [0, 0.1) is 12.3 Å². The molecule has 0 saturated carbocycles. The highest BCUT2D eigenvalue weighted by Crippen LogP contribution is 2.20. The van der Waals surface area contributed by atoms with Gasteiger partial charge in [0.25, 0.3) is 0 Å². The molecule has 0 aromatic carbocycles. The van der Waals surface area contributed by atoms with E-state index >= 15 is 0 Å². The van der Waals surface area contributed by atoms with Gasteiger partial charge in [-0.05, 0) is 44.5 Å². The normalized spacial score (nSPS) is 12.4. The van der Waals surface area contributed by atoms with Crippen molar-refractivity contribution in [1.82, 2.24) is 4.90 Å². The summed E-state index contributed by atoms with van der Waals surface area (Å²) in [7, 11) is 2.16. The fourth-order valence-electron chi connectivity index (χ4n) is 2.20. The second kappa shape index (κ2) is 6.22. The lowest BCUT2D eigenvalue weighted by Gasteiger charge is -2.29. The van der Waals surface area contributed by atoms with E-state index in [9.17, 15) is 0 Å². The molecule has 17 heavy (non-hydrogen) atoms. The summed E-state index contributed by atoms with van der Waals surface area (Å²) in [5.74, 6) is 2.07. The minimum atomic E-state index is 0.294. The van der Waals surface area contributed by atoms with Gasteiger partial charge in [0.05, 0.1) is 0 Å². The van der Waals surface area contributed by atoms with Gasteiger partial charge in [0.1, 0.15) is 11.5 Å². The first kappa shape index (κ1) is 14.3. The molecule has 0 spiro atoms. The van der Waals surface area contributed by atoms with Crippen LogP contribution in [0.1, 0.15) is 31.8 Å². The Morgan fingerprint density at radius 2 is 2.06 bits per heavy atom. The van der Waals surface area contributed by atoms with Gasteiger partial charge in [0.2, 0.25) is 0 Å². The standard InChI is InChI=1S/C14H26N2O/c1-12-5-6-13(17-12)7-10-16(4)11-14(2,3)8-9-15/h5-6H,7-11,15H2,1-4H3. The van der Waals surface area contributed by atoms with E-state index in [-0.39, 0.29) is 0 Å². The van der Waals surface area contributed by atoms with Crippen molar-refractivity contribution in [3.8, 4) is 0 Å². The van der Waals surface area contributed by atoms with E-state index in [1.165, 1.54) is 0 Å². The molecule has 0 aliphatic carbocycles. The fourth-order valence-corrected chi connectivity index (χ4v) is 2.20. The summed E-state index contributed by atoms with van der Waals surface area (Å²) in [6, 6.07) is 4.09. The topological polar surface area (TPSA) is 42.4 Å². The zero-order valence-corrected chi connectivity index (χ0v) is 11.6. The Morgan fingerprint density at radius 3 is 2.59 bits per heavy atom. The first-order valence-electron chi connectivity index (χ1n) is 6.37. The third-order valence-corrected chi connectivity index (χ3v) is 3.06. The predicted molar refractivity (Wildman–Crippen MR) is 72.1 cm³/mol. The maximum Gasteiger partial charge on any atom is 0.105 e. The zero-order chi connectivity index (χ0) is 12.9. The second-order valence-corrected chi connectivity index (χ2v) is 5.70. The molecule has 0 fully saturated rings. The molecule has 0 amide bonds. The van der Waals surface area contributed by atoms with Crippen molar-refractivity contribution in [3.63, 3.8) is 0 Å². The average Bonchev–Trinajstić information content (AvgIpc) is 2.60. The molecule has 3 nitrogen and oxygen atoms in total. The van der Waals surface area contributed by atoms with Gasteiger partial charge in [-0.1, -0.05) is 13.8 Å². The maximum absolute atomic E-state index is 5.62. The highest BCUT2D eigenvalue weighted by Gasteiger charge is 2.19. The molecule has 1 aromatic heterocycles. The van der Waals surface area contributed by atoms with E-state index in [0.717, 1.165) is 44.0 Å². The van der Waals surface area contributed by atoms with Gasteiger partial charge in [-0.15, -0.1) is 0 Å². The lowest BCUT2D eigenvalue weighted by molar-refractivity contribution is 0.199. The van der Waals surface area contributed by atoms with Crippen LogP contribution in [-0.2, 0) is 6.42 Å². The Bertz CT molecular complexity index is 331. The number of nitrogens with zero attached hydrogens (tertiary/aromatic N) is 1. The highest BCUT2D eigenvalue weighted by molar-refractivity contribution is 5.05. The number of aryl methyl sites for hydroxylation is 1. The summed E-state index contributed by atoms with van der Waals surface area (Å²) >= 11 is 0. The van der Waals surface area contributed by atoms with Gasteiger partial charge in [-0.25, -0.2) is 0 Å². The van der Waals surface area contributed by atoms with Crippen LogP contribution in [0.15, 0.2) is 16.5 Å². The number of furan rings is 1. The van der Waals surface area contributed by atoms with Crippen LogP contribution in [0.25, 0.3) is 0 Å². The van der Waals surface area contributed by atoms with Crippen LogP contribution in [0.4, 0.5) is 0 Å². The number of likely N-dealkylation sites (N-methyl/N-ethyl adjacent to an activating group) is 1. The lowest BCUT2D eigenvalue weighted by Crippen LogP contribution is -2.34. The van der Waals surface area contributed by atoms with Gasteiger partial charge >= 0.3 is 0 Å². The van der Waals surface area contributed by atoms with Gasteiger partial charge in [-0.2, -0.15) is 0 Å². The largest absolute Gasteiger partial charge is 0.466 e. The van der Waals surface area contributed by atoms with Gasteiger partial charge in [0.15, 0.2) is 0 Å². The van der Waals surface area contributed by atoms with Crippen LogP contribution >= 0.6 is 0 Å². The molecule has 0 unspecified atom stereocenters. The molecule has 0 aliphatic rings. The van der Waals surface area contributed by atoms with Crippen LogP contribution < -0.4 is 5.73 Å². The molecule has 2 N–H and O–H groups in total.